The largest absolute Gasteiger partial charge is 0.379 e. The molecule has 33 heavy (non-hydrogen) atoms. The molecule has 0 bridgehead atoms. The summed E-state index contributed by atoms with van der Waals surface area (Å²) in [5.41, 5.74) is 0.463. The predicted molar refractivity (Wildman–Crippen MR) is 119 cm³/mol. The van der Waals surface area contributed by atoms with Gasteiger partial charge in [0.05, 0.1) is 23.7 Å². The summed E-state index contributed by atoms with van der Waals surface area (Å²) in [5, 5.41) is 0. The Morgan fingerprint density at radius 3 is 2.33 bits per heavy atom. The predicted octanol–water partition coefficient (Wildman–Crippen LogP) is 3.96. The van der Waals surface area contributed by atoms with Gasteiger partial charge in [0.15, 0.2) is 0 Å². The van der Waals surface area contributed by atoms with Crippen molar-refractivity contribution in [2.75, 3.05) is 26.3 Å². The zero-order chi connectivity index (χ0) is 23.4. The number of carbonyl (C=O) groups excluding carboxylic acids is 1. The van der Waals surface area contributed by atoms with Crippen LogP contribution in [-0.4, -0.2) is 55.9 Å². The van der Waals surface area contributed by atoms with Gasteiger partial charge in [0.2, 0.25) is 10.0 Å². The molecule has 1 saturated carbocycles. The topological polar surface area (TPSA) is 66.9 Å². The number of hydrogen-bond donors (Lipinski definition) is 0. The quantitative estimate of drug-likeness (QED) is 0.630. The fraction of sp³-hybridized carbons (Fsp3) is 0.458. The molecule has 1 aliphatic carbocycles. The highest BCUT2D eigenvalue weighted by Crippen LogP contribution is 2.28. The second-order valence-corrected chi connectivity index (χ2v) is 10.4. The van der Waals surface area contributed by atoms with E-state index >= 15 is 0 Å². The third-order valence-electron chi connectivity index (χ3n) is 6.32. The summed E-state index contributed by atoms with van der Waals surface area (Å²) in [6.07, 6.45) is 4.59. The summed E-state index contributed by atoms with van der Waals surface area (Å²) in [4.78, 5) is 15.1. The molecule has 0 atom stereocenters. The van der Waals surface area contributed by atoms with Crippen molar-refractivity contribution in [3.8, 4) is 0 Å². The van der Waals surface area contributed by atoms with E-state index in [9.17, 15) is 22.0 Å². The van der Waals surface area contributed by atoms with Crippen LogP contribution >= 0.6 is 0 Å². The second kappa shape index (κ2) is 10.3. The van der Waals surface area contributed by atoms with Gasteiger partial charge in [-0.15, -0.1) is 0 Å². The van der Waals surface area contributed by atoms with E-state index in [-0.39, 0.29) is 42.0 Å². The highest BCUT2D eigenvalue weighted by atomic mass is 32.2. The summed E-state index contributed by atoms with van der Waals surface area (Å²) in [5.74, 6) is -1.69. The number of morpholine rings is 1. The summed E-state index contributed by atoms with van der Waals surface area (Å²) in [6, 6.07) is 9.16. The van der Waals surface area contributed by atoms with E-state index in [1.54, 1.807) is 17.0 Å². The molecular formula is C24H28F2N2O4S. The Kier molecular flexibility index (Phi) is 7.41. The zero-order valence-electron chi connectivity index (χ0n) is 18.4. The number of halogens is 2. The molecule has 0 unspecified atom stereocenters. The van der Waals surface area contributed by atoms with Gasteiger partial charge in [-0.25, -0.2) is 17.2 Å². The monoisotopic (exact) mass is 478 g/mol. The van der Waals surface area contributed by atoms with Crippen LogP contribution in [0.5, 0.6) is 0 Å². The molecular weight excluding hydrogens is 450 g/mol. The molecule has 1 amide bonds. The van der Waals surface area contributed by atoms with Gasteiger partial charge < -0.3 is 9.64 Å². The Morgan fingerprint density at radius 2 is 1.67 bits per heavy atom. The molecule has 1 saturated heterocycles. The van der Waals surface area contributed by atoms with Crippen molar-refractivity contribution in [2.24, 2.45) is 0 Å². The van der Waals surface area contributed by atoms with Crippen molar-refractivity contribution in [2.45, 2.75) is 49.6 Å². The first kappa shape index (κ1) is 23.8. The first-order valence-corrected chi connectivity index (χ1v) is 12.7. The normalized spacial score (nSPS) is 18.2. The van der Waals surface area contributed by atoms with Crippen LogP contribution in [-0.2, 0) is 21.3 Å². The molecule has 0 spiro atoms. The summed E-state index contributed by atoms with van der Waals surface area (Å²) in [7, 11) is -3.87. The smallest absolute Gasteiger partial charge is 0.257 e. The van der Waals surface area contributed by atoms with Gasteiger partial charge in [0.1, 0.15) is 11.6 Å². The van der Waals surface area contributed by atoms with Gasteiger partial charge in [-0.3, -0.25) is 4.79 Å². The zero-order valence-corrected chi connectivity index (χ0v) is 19.2. The van der Waals surface area contributed by atoms with E-state index in [0.29, 0.717) is 13.2 Å². The molecule has 6 nitrogen and oxygen atoms in total. The average Bonchev–Trinajstić information content (AvgIpc) is 2.84. The fourth-order valence-electron chi connectivity index (χ4n) is 4.47. The highest BCUT2D eigenvalue weighted by molar-refractivity contribution is 7.89. The van der Waals surface area contributed by atoms with Crippen molar-refractivity contribution >= 4 is 15.9 Å². The molecule has 0 aromatic heterocycles. The summed E-state index contributed by atoms with van der Waals surface area (Å²) >= 11 is 0. The van der Waals surface area contributed by atoms with E-state index in [4.69, 9.17) is 4.74 Å². The lowest BCUT2D eigenvalue weighted by Gasteiger charge is -2.35. The number of nitrogens with zero attached hydrogens (tertiary/aromatic N) is 2. The Morgan fingerprint density at radius 1 is 1.00 bits per heavy atom. The Balaban J connectivity index is 1.66. The van der Waals surface area contributed by atoms with E-state index in [2.05, 4.69) is 0 Å². The van der Waals surface area contributed by atoms with Crippen molar-refractivity contribution in [3.05, 3.63) is 65.2 Å². The minimum atomic E-state index is -3.87. The van der Waals surface area contributed by atoms with Crippen LogP contribution in [0.2, 0.25) is 0 Å². The number of ether oxygens (including phenoxy) is 1. The van der Waals surface area contributed by atoms with Crippen LogP contribution in [0.3, 0.4) is 0 Å². The van der Waals surface area contributed by atoms with Crippen LogP contribution in [0.25, 0.3) is 0 Å². The number of sulfonamides is 1. The second-order valence-electron chi connectivity index (χ2n) is 8.51. The van der Waals surface area contributed by atoms with Crippen LogP contribution in [0.4, 0.5) is 8.78 Å². The minimum absolute atomic E-state index is 0.0878. The van der Waals surface area contributed by atoms with E-state index < -0.39 is 21.7 Å². The lowest BCUT2D eigenvalue weighted by atomic mass is 9.93. The molecule has 4 rings (SSSR count). The Labute approximate surface area is 193 Å². The maximum Gasteiger partial charge on any atom is 0.257 e. The minimum Gasteiger partial charge on any atom is -0.379 e. The van der Waals surface area contributed by atoms with Gasteiger partial charge in [-0.2, -0.15) is 4.31 Å². The molecule has 1 heterocycles. The van der Waals surface area contributed by atoms with Gasteiger partial charge in [-0.1, -0.05) is 31.4 Å². The van der Waals surface area contributed by atoms with Gasteiger partial charge in [-0.05, 0) is 48.7 Å². The van der Waals surface area contributed by atoms with Gasteiger partial charge in [0, 0.05) is 25.7 Å². The average molecular weight is 479 g/mol. The number of benzene rings is 2. The lowest BCUT2D eigenvalue weighted by molar-refractivity contribution is 0.0609. The van der Waals surface area contributed by atoms with Crippen molar-refractivity contribution in [1.29, 1.82) is 0 Å². The lowest BCUT2D eigenvalue weighted by Crippen LogP contribution is -2.42. The molecule has 2 aliphatic rings. The SMILES string of the molecule is O=C(c1cc(S(=O)(=O)N2CCOCC2)ccc1F)N(Cc1ccc(F)cc1)C1CCCCC1. The van der Waals surface area contributed by atoms with E-state index in [1.165, 1.54) is 22.5 Å². The van der Waals surface area contributed by atoms with E-state index in [1.807, 2.05) is 0 Å². The van der Waals surface area contributed by atoms with Crippen molar-refractivity contribution < 1.29 is 26.7 Å². The number of amides is 1. The molecule has 2 aromatic carbocycles. The number of rotatable bonds is 6. The highest BCUT2D eigenvalue weighted by Gasteiger charge is 2.31. The number of carbonyl (C=O) groups is 1. The van der Waals surface area contributed by atoms with Gasteiger partial charge in [0.25, 0.3) is 5.91 Å². The number of hydrogen-bond acceptors (Lipinski definition) is 4. The van der Waals surface area contributed by atoms with Crippen molar-refractivity contribution in [3.63, 3.8) is 0 Å². The van der Waals surface area contributed by atoms with Crippen molar-refractivity contribution in [1.82, 2.24) is 9.21 Å². The Bertz CT molecular complexity index is 1080. The van der Waals surface area contributed by atoms with Crippen LogP contribution in [0.15, 0.2) is 47.4 Å². The molecule has 0 radical (unpaired) electrons. The standard InChI is InChI=1S/C24H28F2N2O4S/c25-19-8-6-18(7-9-19)17-28(20-4-2-1-3-5-20)24(29)22-16-21(10-11-23(22)26)33(30,31)27-12-14-32-15-13-27/h6-11,16,20H,1-5,12-15,17H2. The maximum absolute atomic E-state index is 14.8. The summed E-state index contributed by atoms with van der Waals surface area (Å²) in [6.45, 7) is 1.20. The summed E-state index contributed by atoms with van der Waals surface area (Å²) < 4.78 is 60.8. The van der Waals surface area contributed by atoms with Gasteiger partial charge >= 0.3 is 0 Å². The molecule has 2 aromatic rings. The third-order valence-corrected chi connectivity index (χ3v) is 8.21. The third kappa shape index (κ3) is 5.42. The van der Waals surface area contributed by atoms with Crippen LogP contribution in [0, 0.1) is 11.6 Å². The first-order chi connectivity index (χ1) is 15.9. The fourth-order valence-corrected chi connectivity index (χ4v) is 5.90. The van der Waals surface area contributed by atoms with E-state index in [0.717, 1.165) is 49.8 Å². The first-order valence-electron chi connectivity index (χ1n) is 11.3. The molecule has 1 aliphatic heterocycles. The Hall–Kier alpha value is -2.36. The molecule has 2 fully saturated rings. The molecule has 0 N–H and O–H groups in total. The van der Waals surface area contributed by atoms with Crippen LogP contribution in [0.1, 0.15) is 48.0 Å². The molecule has 178 valence electrons. The van der Waals surface area contributed by atoms with Crippen LogP contribution < -0.4 is 0 Å². The molecule has 9 heteroatoms. The maximum atomic E-state index is 14.8.